The second-order valence-corrected chi connectivity index (χ2v) is 25.6. The highest BCUT2D eigenvalue weighted by Gasteiger charge is 2.27. The quantitative estimate of drug-likeness (QED) is 0.0211. The molecule has 2 unspecified atom stereocenters. The number of esters is 2. The standard InChI is InChI=1S/C72H130NO8P/c1-6-8-10-12-14-16-18-20-22-24-26-28-30-32-34-36-38-40-42-44-46-48-50-52-54-56-58-60-62-64-71(74)78-68-70(69-80-82(76,77)79-67-66-73(3,4)5)81-72(75)65-63-61-59-57-55-53-51-49-47-45-43-41-39-37-35-33-31-29-27-25-23-21-19-17-15-13-11-9-7-2/h9,11,15,17,21,23-24,26-27,29,33,35,39,41,70H,6-8,10,12-14,16,18-20,22,25,28,30-32,34,36-38,40,42-69H2,1-5H3/p+1/b11-9-,17-15-,23-21-,26-24-,29-27-,35-33-,41-39-. The molecule has 2 atom stereocenters. The molecule has 0 bridgehead atoms. The van der Waals surface area contributed by atoms with Crippen LogP contribution < -0.4 is 0 Å². The number of carbonyl (C=O) groups is 2. The van der Waals surface area contributed by atoms with E-state index in [9.17, 15) is 19.0 Å². The van der Waals surface area contributed by atoms with Crippen molar-refractivity contribution in [1.82, 2.24) is 0 Å². The largest absolute Gasteiger partial charge is 0.472 e. The van der Waals surface area contributed by atoms with Crippen LogP contribution in [0.15, 0.2) is 85.1 Å². The van der Waals surface area contributed by atoms with Crippen molar-refractivity contribution in [3.05, 3.63) is 85.1 Å². The van der Waals surface area contributed by atoms with Gasteiger partial charge in [-0.1, -0.05) is 292 Å². The monoisotopic (exact) mass is 1170 g/mol. The molecule has 0 aromatic carbocycles. The fourth-order valence-corrected chi connectivity index (χ4v) is 10.4. The molecule has 0 aliphatic heterocycles. The van der Waals surface area contributed by atoms with Crippen LogP contribution >= 0.6 is 7.82 Å². The summed E-state index contributed by atoms with van der Waals surface area (Å²) in [5.41, 5.74) is 0. The Morgan fingerprint density at radius 1 is 0.390 bits per heavy atom. The molecule has 0 heterocycles. The smallest absolute Gasteiger partial charge is 0.462 e. The Morgan fingerprint density at radius 2 is 0.695 bits per heavy atom. The van der Waals surface area contributed by atoms with Crippen LogP contribution in [0.2, 0.25) is 0 Å². The van der Waals surface area contributed by atoms with E-state index in [1.54, 1.807) is 0 Å². The van der Waals surface area contributed by atoms with E-state index in [4.69, 9.17) is 18.5 Å². The molecule has 0 aliphatic rings. The van der Waals surface area contributed by atoms with Gasteiger partial charge in [-0.3, -0.25) is 18.6 Å². The molecule has 0 saturated carbocycles. The van der Waals surface area contributed by atoms with E-state index in [0.29, 0.717) is 17.4 Å². The average Bonchev–Trinajstić information content (AvgIpc) is 3.45. The Balaban J connectivity index is 4.07. The number of rotatable bonds is 63. The number of hydrogen-bond acceptors (Lipinski definition) is 7. The van der Waals surface area contributed by atoms with Crippen LogP contribution in [0, 0.1) is 0 Å². The topological polar surface area (TPSA) is 108 Å². The molecule has 1 N–H and O–H groups in total. The molecule has 0 spiro atoms. The Hall–Kier alpha value is -2.81. The van der Waals surface area contributed by atoms with Crippen LogP contribution in [0.4, 0.5) is 0 Å². The van der Waals surface area contributed by atoms with Gasteiger partial charge in [-0.25, -0.2) is 4.57 Å². The summed E-state index contributed by atoms with van der Waals surface area (Å²) in [6, 6.07) is 0. The number of phosphoric acid groups is 1. The maximum atomic E-state index is 12.9. The van der Waals surface area contributed by atoms with Crippen LogP contribution in [0.25, 0.3) is 0 Å². The van der Waals surface area contributed by atoms with Crippen molar-refractivity contribution in [2.45, 2.75) is 315 Å². The summed E-state index contributed by atoms with van der Waals surface area (Å²) in [5.74, 6) is -0.794. The molecule has 0 aromatic rings. The predicted molar refractivity (Wildman–Crippen MR) is 353 cm³/mol. The molecular formula is C72H131NO8P+. The van der Waals surface area contributed by atoms with E-state index in [1.807, 2.05) is 21.1 Å². The van der Waals surface area contributed by atoms with E-state index < -0.39 is 26.5 Å². The zero-order chi connectivity index (χ0) is 59.8. The zero-order valence-electron chi connectivity index (χ0n) is 54.2. The Morgan fingerprint density at radius 3 is 1.05 bits per heavy atom. The number of unbranched alkanes of at least 4 members (excludes halogenated alkanes) is 35. The lowest BCUT2D eigenvalue weighted by Gasteiger charge is -2.24. The minimum atomic E-state index is -4.40. The summed E-state index contributed by atoms with van der Waals surface area (Å²) < 4.78 is 34.7. The van der Waals surface area contributed by atoms with Gasteiger partial charge >= 0.3 is 19.8 Å². The number of hydrogen-bond donors (Lipinski definition) is 1. The molecule has 0 saturated heterocycles. The third-order valence-corrected chi connectivity index (χ3v) is 15.9. The highest BCUT2D eigenvalue weighted by atomic mass is 31.2. The van der Waals surface area contributed by atoms with Crippen molar-refractivity contribution < 1.29 is 42.1 Å². The lowest BCUT2D eigenvalue weighted by atomic mass is 10.0. The summed E-state index contributed by atoms with van der Waals surface area (Å²) in [5, 5.41) is 0. The van der Waals surface area contributed by atoms with Crippen molar-refractivity contribution in [1.29, 1.82) is 0 Å². The van der Waals surface area contributed by atoms with Crippen molar-refractivity contribution in [3.8, 4) is 0 Å². The normalized spacial score (nSPS) is 13.7. The molecule has 0 amide bonds. The van der Waals surface area contributed by atoms with Gasteiger partial charge in [-0.05, 0) is 89.9 Å². The first kappa shape index (κ1) is 79.2. The molecule has 10 heteroatoms. The second-order valence-electron chi connectivity index (χ2n) is 24.2. The van der Waals surface area contributed by atoms with Crippen LogP contribution in [-0.2, 0) is 32.7 Å². The van der Waals surface area contributed by atoms with Gasteiger partial charge in [0.25, 0.3) is 0 Å². The Kier molecular flexibility index (Phi) is 60.6. The summed E-state index contributed by atoms with van der Waals surface area (Å²) in [7, 11) is 1.48. The molecule has 0 aromatic heterocycles. The molecule has 9 nitrogen and oxygen atoms in total. The Labute approximate surface area is 507 Å². The van der Waals surface area contributed by atoms with E-state index in [1.165, 1.54) is 193 Å². The first-order chi connectivity index (χ1) is 40.0. The predicted octanol–water partition coefficient (Wildman–Crippen LogP) is 22.2. The van der Waals surface area contributed by atoms with Gasteiger partial charge < -0.3 is 18.9 Å². The van der Waals surface area contributed by atoms with Gasteiger partial charge in [0.2, 0.25) is 0 Å². The van der Waals surface area contributed by atoms with Gasteiger partial charge in [0, 0.05) is 12.8 Å². The number of nitrogens with zero attached hydrogens (tertiary/aromatic N) is 1. The van der Waals surface area contributed by atoms with Gasteiger partial charge in [0.1, 0.15) is 19.8 Å². The fraction of sp³-hybridized carbons (Fsp3) is 0.778. The van der Waals surface area contributed by atoms with Gasteiger partial charge in [0.15, 0.2) is 6.10 Å². The number of allylic oxidation sites excluding steroid dienone is 14. The van der Waals surface area contributed by atoms with Crippen molar-refractivity contribution in [2.24, 2.45) is 0 Å². The van der Waals surface area contributed by atoms with Crippen LogP contribution in [0.5, 0.6) is 0 Å². The number of quaternary nitrogens is 1. The van der Waals surface area contributed by atoms with E-state index in [2.05, 4.69) is 98.9 Å². The summed E-state index contributed by atoms with van der Waals surface area (Å²) in [6.45, 7) is 4.35. The van der Waals surface area contributed by atoms with Crippen molar-refractivity contribution >= 4 is 19.8 Å². The highest BCUT2D eigenvalue weighted by molar-refractivity contribution is 7.47. The van der Waals surface area contributed by atoms with E-state index in [-0.39, 0.29) is 32.0 Å². The van der Waals surface area contributed by atoms with E-state index in [0.717, 1.165) is 83.5 Å². The average molecular weight is 1170 g/mol. The molecule has 0 aliphatic carbocycles. The van der Waals surface area contributed by atoms with Gasteiger partial charge in [0.05, 0.1) is 27.7 Å². The number of carbonyl (C=O) groups excluding carboxylic acids is 2. The maximum absolute atomic E-state index is 12.9. The van der Waals surface area contributed by atoms with Crippen molar-refractivity contribution in [2.75, 3.05) is 47.5 Å². The Bertz CT molecular complexity index is 1660. The molecule has 0 rings (SSSR count). The third kappa shape index (κ3) is 66.3. The number of likely N-dealkylation sites (N-methyl/N-ethyl adjacent to an activating group) is 1. The number of ether oxygens (including phenoxy) is 2. The third-order valence-electron chi connectivity index (χ3n) is 14.9. The minimum absolute atomic E-state index is 0.0287. The molecule has 0 fully saturated rings. The maximum Gasteiger partial charge on any atom is 0.472 e. The second kappa shape index (κ2) is 62.7. The lowest BCUT2D eigenvalue weighted by Crippen LogP contribution is -2.37. The number of phosphoric ester groups is 1. The SMILES string of the molecule is CC/C=C\C/C=C\C/C=C\C/C=C\C/C=C\C/C=C\CCCCCCCCCCCCC(=O)OC(COC(=O)CCCCCCCCCCCCCCCCCCC/C=C\CCCCCCCCCC)COP(=O)(O)OCC[N+](C)(C)C. The van der Waals surface area contributed by atoms with Crippen molar-refractivity contribution in [3.63, 3.8) is 0 Å². The van der Waals surface area contributed by atoms with Gasteiger partial charge in [-0.15, -0.1) is 0 Å². The molecular weight excluding hydrogens is 1040 g/mol. The summed E-state index contributed by atoms with van der Waals surface area (Å²) in [4.78, 5) is 35.9. The summed E-state index contributed by atoms with van der Waals surface area (Å²) >= 11 is 0. The van der Waals surface area contributed by atoms with Gasteiger partial charge in [-0.2, -0.15) is 0 Å². The first-order valence-electron chi connectivity index (χ1n) is 34.3. The highest BCUT2D eigenvalue weighted by Crippen LogP contribution is 2.43. The van der Waals surface area contributed by atoms with Crippen LogP contribution in [0.1, 0.15) is 309 Å². The van der Waals surface area contributed by atoms with Crippen LogP contribution in [-0.4, -0.2) is 74.9 Å². The zero-order valence-corrected chi connectivity index (χ0v) is 55.1. The first-order valence-corrected chi connectivity index (χ1v) is 35.8. The van der Waals surface area contributed by atoms with E-state index >= 15 is 0 Å². The lowest BCUT2D eigenvalue weighted by molar-refractivity contribution is -0.870. The molecule has 82 heavy (non-hydrogen) atoms. The minimum Gasteiger partial charge on any atom is -0.462 e. The molecule has 0 radical (unpaired) electrons. The van der Waals surface area contributed by atoms with Crippen LogP contribution in [0.3, 0.4) is 0 Å². The fourth-order valence-electron chi connectivity index (χ4n) is 9.66. The molecule has 476 valence electrons. The summed E-state index contributed by atoms with van der Waals surface area (Å²) in [6.07, 6.45) is 85.4.